The molecule has 3 aromatic rings. The highest BCUT2D eigenvalue weighted by Gasteiger charge is 2.14. The van der Waals surface area contributed by atoms with Gasteiger partial charge in [0.25, 0.3) is 5.91 Å². The van der Waals surface area contributed by atoms with Gasteiger partial charge in [-0.05, 0) is 118 Å². The second kappa shape index (κ2) is 13.2. The zero-order valence-corrected chi connectivity index (χ0v) is 23.8. The van der Waals surface area contributed by atoms with Crippen molar-refractivity contribution in [3.8, 4) is 11.8 Å². The van der Waals surface area contributed by atoms with Crippen molar-refractivity contribution in [2.24, 2.45) is 0 Å². The fourth-order valence-electron chi connectivity index (χ4n) is 3.12. The summed E-state index contributed by atoms with van der Waals surface area (Å²) in [5.41, 5.74) is 2.38. The quantitative estimate of drug-likeness (QED) is 0.122. The van der Waals surface area contributed by atoms with Gasteiger partial charge in [-0.1, -0.05) is 12.1 Å². The first-order valence-corrected chi connectivity index (χ1v) is 13.0. The number of ether oxygens (including phenoxy) is 2. The molecule has 8 nitrogen and oxygen atoms in total. The van der Waals surface area contributed by atoms with Crippen LogP contribution < -0.4 is 10.1 Å². The summed E-state index contributed by atoms with van der Waals surface area (Å²) in [6.07, 6.45) is 1.49. The molecule has 0 spiro atoms. The number of amides is 1. The number of benzene rings is 3. The highest BCUT2D eigenvalue weighted by atomic mass is 127. The lowest BCUT2D eigenvalue weighted by atomic mass is 10.1. The zero-order valence-electron chi connectivity index (χ0n) is 19.5. The van der Waals surface area contributed by atoms with Gasteiger partial charge in [0.05, 0.1) is 24.9 Å². The lowest BCUT2D eigenvalue weighted by molar-refractivity contribution is -0.112. The number of nitrogens with one attached hydrogen (secondary N) is 1. The normalized spacial score (nSPS) is 10.8. The summed E-state index contributed by atoms with van der Waals surface area (Å²) in [6.45, 7) is 2.23. The van der Waals surface area contributed by atoms with E-state index in [4.69, 9.17) is 14.6 Å². The van der Waals surface area contributed by atoms with Crippen molar-refractivity contribution < 1.29 is 29.0 Å². The van der Waals surface area contributed by atoms with E-state index in [1.807, 2.05) is 6.07 Å². The molecule has 0 fully saturated rings. The lowest BCUT2D eigenvalue weighted by Crippen LogP contribution is -2.13. The Labute approximate surface area is 240 Å². The van der Waals surface area contributed by atoms with E-state index < -0.39 is 17.8 Å². The van der Waals surface area contributed by atoms with Crippen LogP contribution in [0.1, 0.15) is 38.8 Å². The molecule has 0 unspecified atom stereocenters. The number of nitrogens with zero attached hydrogens (tertiary/aromatic N) is 1. The number of aromatic carboxylic acids is 1. The van der Waals surface area contributed by atoms with Crippen LogP contribution in [0.15, 0.2) is 66.2 Å². The molecule has 0 atom stereocenters. The summed E-state index contributed by atoms with van der Waals surface area (Å²) in [4.78, 5) is 35.4. The number of esters is 1. The predicted molar refractivity (Wildman–Crippen MR) is 154 cm³/mol. The Morgan fingerprint density at radius 2 is 1.59 bits per heavy atom. The minimum Gasteiger partial charge on any atom is -0.487 e. The van der Waals surface area contributed by atoms with E-state index in [9.17, 15) is 19.6 Å². The first-order chi connectivity index (χ1) is 17.7. The molecule has 0 saturated carbocycles. The third-order valence-electron chi connectivity index (χ3n) is 4.93. The Morgan fingerprint density at radius 3 is 2.14 bits per heavy atom. The molecule has 0 heterocycles. The number of carboxylic acid groups (broad SMARTS) is 1. The van der Waals surface area contributed by atoms with Crippen LogP contribution in [0, 0.1) is 18.5 Å². The standard InChI is InChI=1S/C27H20I2N2O6/c1-2-36-27(35)19-7-9-21(10-8-19)31-25(32)20(14-30)11-17-12-22(28)24(23(29)13-17)37-15-16-3-5-18(6-4-16)26(33)34/h3-13H,2,15H2,1H3,(H,31,32)(H,33,34)/b20-11+. The van der Waals surface area contributed by atoms with E-state index in [-0.39, 0.29) is 24.4 Å². The Bertz CT molecular complexity index is 1370. The van der Waals surface area contributed by atoms with Crippen LogP contribution in [0.2, 0.25) is 0 Å². The van der Waals surface area contributed by atoms with Gasteiger partial charge in [0.2, 0.25) is 0 Å². The Hall–Kier alpha value is -3.44. The maximum atomic E-state index is 12.7. The number of carboxylic acids is 1. The van der Waals surface area contributed by atoms with Gasteiger partial charge in [-0.15, -0.1) is 0 Å². The fourth-order valence-corrected chi connectivity index (χ4v) is 5.25. The molecular formula is C27H20I2N2O6. The largest absolute Gasteiger partial charge is 0.487 e. The van der Waals surface area contributed by atoms with Gasteiger partial charge >= 0.3 is 11.9 Å². The molecule has 0 saturated heterocycles. The highest BCUT2D eigenvalue weighted by molar-refractivity contribution is 14.1. The zero-order chi connectivity index (χ0) is 26.9. The highest BCUT2D eigenvalue weighted by Crippen LogP contribution is 2.30. The van der Waals surface area contributed by atoms with Crippen LogP contribution in [0.3, 0.4) is 0 Å². The monoisotopic (exact) mass is 722 g/mol. The van der Waals surface area contributed by atoms with Crippen molar-refractivity contribution >= 4 is 74.8 Å². The summed E-state index contributed by atoms with van der Waals surface area (Å²) in [7, 11) is 0. The molecule has 3 aromatic carbocycles. The molecule has 3 rings (SSSR count). The van der Waals surface area contributed by atoms with Crippen molar-refractivity contribution in [3.63, 3.8) is 0 Å². The Kier molecular flexibility index (Phi) is 10.0. The van der Waals surface area contributed by atoms with Crippen LogP contribution in [-0.4, -0.2) is 29.6 Å². The second-order valence-electron chi connectivity index (χ2n) is 7.53. The average molecular weight is 722 g/mol. The van der Waals surface area contributed by atoms with Crippen LogP contribution in [0.5, 0.6) is 5.75 Å². The summed E-state index contributed by atoms with van der Waals surface area (Å²) >= 11 is 4.24. The van der Waals surface area contributed by atoms with Crippen LogP contribution in [-0.2, 0) is 16.1 Å². The van der Waals surface area contributed by atoms with E-state index in [0.29, 0.717) is 22.6 Å². The minimum atomic E-state index is -0.988. The van der Waals surface area contributed by atoms with Gasteiger partial charge in [-0.2, -0.15) is 5.26 Å². The molecule has 2 N–H and O–H groups in total. The molecule has 0 bridgehead atoms. The minimum absolute atomic E-state index is 0.0896. The molecule has 1 amide bonds. The summed E-state index contributed by atoms with van der Waals surface area (Å²) in [5, 5.41) is 21.2. The first kappa shape index (κ1) is 28.1. The summed E-state index contributed by atoms with van der Waals surface area (Å²) < 4.78 is 12.5. The van der Waals surface area contributed by atoms with Gasteiger partial charge in [-0.25, -0.2) is 9.59 Å². The predicted octanol–water partition coefficient (Wildman–Crippen LogP) is 5.90. The van der Waals surface area contributed by atoms with Gasteiger partial charge in [0, 0.05) is 5.69 Å². The third-order valence-corrected chi connectivity index (χ3v) is 6.54. The maximum absolute atomic E-state index is 12.7. The molecule has 0 aliphatic carbocycles. The maximum Gasteiger partial charge on any atom is 0.338 e. The summed E-state index contributed by atoms with van der Waals surface area (Å²) in [6, 6.07) is 18.1. The molecule has 0 aliphatic rings. The van der Waals surface area contributed by atoms with Crippen LogP contribution in [0.25, 0.3) is 6.08 Å². The number of hydrogen-bond donors (Lipinski definition) is 2. The van der Waals surface area contributed by atoms with E-state index in [1.54, 1.807) is 43.3 Å². The van der Waals surface area contributed by atoms with Crippen molar-refractivity contribution in [1.29, 1.82) is 5.26 Å². The molecule has 188 valence electrons. The number of anilines is 1. The van der Waals surface area contributed by atoms with Gasteiger partial charge in [0.1, 0.15) is 24.0 Å². The van der Waals surface area contributed by atoms with Crippen molar-refractivity contribution in [2.45, 2.75) is 13.5 Å². The van der Waals surface area contributed by atoms with Gasteiger partial charge < -0.3 is 19.9 Å². The molecule has 0 aromatic heterocycles. The number of hydrogen-bond acceptors (Lipinski definition) is 6. The molecular weight excluding hydrogens is 702 g/mol. The van der Waals surface area contributed by atoms with Gasteiger partial charge in [0.15, 0.2) is 0 Å². The lowest BCUT2D eigenvalue weighted by Gasteiger charge is -2.12. The topological polar surface area (TPSA) is 126 Å². The Morgan fingerprint density at radius 1 is 1.00 bits per heavy atom. The average Bonchev–Trinajstić information content (AvgIpc) is 2.87. The number of nitriles is 1. The molecule has 0 aliphatic heterocycles. The van der Waals surface area contributed by atoms with Crippen molar-refractivity contribution in [3.05, 3.63) is 95.6 Å². The number of halogens is 2. The molecule has 37 heavy (non-hydrogen) atoms. The second-order valence-corrected chi connectivity index (χ2v) is 9.85. The van der Waals surface area contributed by atoms with E-state index in [0.717, 1.165) is 12.7 Å². The smallest absolute Gasteiger partial charge is 0.338 e. The van der Waals surface area contributed by atoms with Crippen LogP contribution >= 0.6 is 45.2 Å². The van der Waals surface area contributed by atoms with E-state index in [1.165, 1.54) is 30.3 Å². The van der Waals surface area contributed by atoms with Gasteiger partial charge in [-0.3, -0.25) is 4.79 Å². The molecule has 0 radical (unpaired) electrons. The molecule has 10 heteroatoms. The van der Waals surface area contributed by atoms with E-state index >= 15 is 0 Å². The number of carbonyl (C=O) groups excluding carboxylic acids is 2. The van der Waals surface area contributed by atoms with E-state index in [2.05, 4.69) is 50.5 Å². The van der Waals surface area contributed by atoms with Crippen LogP contribution in [0.4, 0.5) is 5.69 Å². The SMILES string of the molecule is CCOC(=O)c1ccc(NC(=O)/C(C#N)=C/c2cc(I)c(OCc3ccc(C(=O)O)cc3)c(I)c2)cc1. The number of carbonyl (C=O) groups is 3. The fraction of sp³-hybridized carbons (Fsp3) is 0.111. The van der Waals surface area contributed by atoms with Crippen molar-refractivity contribution in [2.75, 3.05) is 11.9 Å². The Balaban J connectivity index is 1.70. The third kappa shape index (κ3) is 7.77. The first-order valence-electron chi connectivity index (χ1n) is 10.9. The summed E-state index contributed by atoms with van der Waals surface area (Å²) in [5.74, 6) is -1.38. The number of rotatable bonds is 9. The van der Waals surface area contributed by atoms with Crippen molar-refractivity contribution in [1.82, 2.24) is 0 Å².